The Hall–Kier alpha value is -0.0800. The Labute approximate surface area is 82.0 Å². The Morgan fingerprint density at radius 2 is 1.46 bits per heavy atom. The van der Waals surface area contributed by atoms with E-state index in [2.05, 4.69) is 20.8 Å². The molecule has 2 nitrogen and oxygen atoms in total. The molecular weight excluding hydrogens is 164 g/mol. The van der Waals surface area contributed by atoms with Gasteiger partial charge in [0.2, 0.25) is 0 Å². The van der Waals surface area contributed by atoms with Crippen LogP contribution >= 0.6 is 0 Å². The van der Waals surface area contributed by atoms with Crippen LogP contribution in [0.5, 0.6) is 0 Å². The first kappa shape index (κ1) is 12.9. The van der Waals surface area contributed by atoms with Crippen LogP contribution in [0.1, 0.15) is 46.5 Å². The van der Waals surface area contributed by atoms with Crippen LogP contribution in [0.15, 0.2) is 0 Å². The van der Waals surface area contributed by atoms with Gasteiger partial charge in [-0.1, -0.05) is 40.0 Å². The third-order valence-electron chi connectivity index (χ3n) is 3.23. The number of rotatable bonds is 7. The molecule has 0 amide bonds. The van der Waals surface area contributed by atoms with E-state index in [4.69, 9.17) is 0 Å². The minimum atomic E-state index is -0.238. The van der Waals surface area contributed by atoms with Gasteiger partial charge < -0.3 is 10.2 Å². The lowest BCUT2D eigenvalue weighted by Gasteiger charge is -2.37. The summed E-state index contributed by atoms with van der Waals surface area (Å²) in [6, 6.07) is 0. The van der Waals surface area contributed by atoms with Crippen LogP contribution in [0.4, 0.5) is 0 Å². The highest BCUT2D eigenvalue weighted by Crippen LogP contribution is 2.36. The number of aliphatic hydroxyl groups excluding tert-OH is 2. The number of hydrogen-bond acceptors (Lipinski definition) is 2. The quantitative estimate of drug-likeness (QED) is 0.643. The van der Waals surface area contributed by atoms with Crippen LogP contribution in [-0.2, 0) is 0 Å². The van der Waals surface area contributed by atoms with Crippen LogP contribution in [0.25, 0.3) is 0 Å². The molecule has 13 heavy (non-hydrogen) atoms. The molecule has 80 valence electrons. The summed E-state index contributed by atoms with van der Waals surface area (Å²) in [4.78, 5) is 0. The van der Waals surface area contributed by atoms with Crippen molar-refractivity contribution in [2.24, 2.45) is 11.3 Å². The molecule has 0 unspecified atom stereocenters. The molecule has 2 heteroatoms. The Morgan fingerprint density at radius 1 is 1.00 bits per heavy atom. The smallest absolute Gasteiger partial charge is 0.0512 e. The fourth-order valence-corrected chi connectivity index (χ4v) is 2.32. The molecule has 0 aliphatic rings. The summed E-state index contributed by atoms with van der Waals surface area (Å²) in [5.41, 5.74) is -0.238. The second kappa shape index (κ2) is 6.39. The first-order valence-corrected chi connectivity index (χ1v) is 5.42. The van der Waals surface area contributed by atoms with E-state index in [1.54, 1.807) is 0 Å². The van der Waals surface area contributed by atoms with Crippen molar-refractivity contribution in [3.8, 4) is 0 Å². The fraction of sp³-hybridized carbons (Fsp3) is 1.00. The predicted octanol–water partition coefficient (Wildman–Crippen LogP) is 2.19. The number of hydrogen-bond donors (Lipinski definition) is 2. The van der Waals surface area contributed by atoms with E-state index in [9.17, 15) is 10.2 Å². The van der Waals surface area contributed by atoms with E-state index >= 15 is 0 Å². The molecule has 2 N–H and O–H groups in total. The second-order valence-electron chi connectivity index (χ2n) is 3.94. The summed E-state index contributed by atoms with van der Waals surface area (Å²) < 4.78 is 0. The number of aliphatic hydroxyl groups is 2. The Bertz CT molecular complexity index is 115. The van der Waals surface area contributed by atoms with Gasteiger partial charge in [0, 0.05) is 5.41 Å². The average Bonchev–Trinajstić information content (AvgIpc) is 2.18. The molecule has 0 saturated carbocycles. The van der Waals surface area contributed by atoms with Gasteiger partial charge in [-0.3, -0.25) is 0 Å². The zero-order chi connectivity index (χ0) is 10.3. The summed E-state index contributed by atoms with van der Waals surface area (Å²) in [7, 11) is 0. The van der Waals surface area contributed by atoms with Crippen molar-refractivity contribution in [3.05, 3.63) is 0 Å². The van der Waals surface area contributed by atoms with E-state index in [0.717, 1.165) is 25.7 Å². The molecule has 0 spiro atoms. The third-order valence-corrected chi connectivity index (χ3v) is 3.23. The molecule has 0 aromatic carbocycles. The maximum absolute atomic E-state index is 9.38. The van der Waals surface area contributed by atoms with Gasteiger partial charge in [-0.2, -0.15) is 0 Å². The van der Waals surface area contributed by atoms with Gasteiger partial charge in [0.15, 0.2) is 0 Å². The van der Waals surface area contributed by atoms with Crippen LogP contribution in [0.3, 0.4) is 0 Å². The van der Waals surface area contributed by atoms with Crippen molar-refractivity contribution in [2.45, 2.75) is 46.5 Å². The summed E-state index contributed by atoms with van der Waals surface area (Å²) >= 11 is 0. The van der Waals surface area contributed by atoms with Gasteiger partial charge in [0.05, 0.1) is 13.2 Å². The van der Waals surface area contributed by atoms with Crippen molar-refractivity contribution >= 4 is 0 Å². The maximum Gasteiger partial charge on any atom is 0.0512 e. The van der Waals surface area contributed by atoms with Crippen molar-refractivity contribution in [3.63, 3.8) is 0 Å². The lowest BCUT2D eigenvalue weighted by atomic mass is 9.71. The van der Waals surface area contributed by atoms with Crippen LogP contribution in [0.2, 0.25) is 0 Å². The highest BCUT2D eigenvalue weighted by Gasteiger charge is 2.34. The summed E-state index contributed by atoms with van der Waals surface area (Å²) in [6.07, 6.45) is 4.03. The van der Waals surface area contributed by atoms with Crippen LogP contribution in [0, 0.1) is 11.3 Å². The van der Waals surface area contributed by atoms with Gasteiger partial charge in [-0.25, -0.2) is 0 Å². The van der Waals surface area contributed by atoms with Crippen LogP contribution in [-0.4, -0.2) is 23.4 Å². The van der Waals surface area contributed by atoms with Crippen LogP contribution < -0.4 is 0 Å². The van der Waals surface area contributed by atoms with Gasteiger partial charge in [-0.05, 0) is 12.3 Å². The predicted molar refractivity (Wildman–Crippen MR) is 55.6 cm³/mol. The molecule has 0 rings (SSSR count). The van der Waals surface area contributed by atoms with Crippen molar-refractivity contribution in [1.29, 1.82) is 0 Å². The second-order valence-corrected chi connectivity index (χ2v) is 3.94. The molecule has 0 heterocycles. The summed E-state index contributed by atoms with van der Waals surface area (Å²) in [5, 5.41) is 18.8. The summed E-state index contributed by atoms with van der Waals surface area (Å²) in [5.74, 6) is 0.447. The Balaban J connectivity index is 4.50. The zero-order valence-electron chi connectivity index (χ0n) is 9.21. The van der Waals surface area contributed by atoms with E-state index < -0.39 is 0 Å². The fourth-order valence-electron chi connectivity index (χ4n) is 2.32. The van der Waals surface area contributed by atoms with Gasteiger partial charge in [-0.15, -0.1) is 0 Å². The molecule has 0 saturated heterocycles. The normalized spacial score (nSPS) is 12.5. The SMILES string of the molecule is CCCC(CO)(CO)C(CC)CC. The highest BCUT2D eigenvalue weighted by molar-refractivity contribution is 4.84. The molecule has 0 atom stereocenters. The largest absolute Gasteiger partial charge is 0.396 e. The Morgan fingerprint density at radius 3 is 1.69 bits per heavy atom. The standard InChI is InChI=1S/C11H24O2/c1-4-7-11(8-12,9-13)10(5-2)6-3/h10,12-13H,4-9H2,1-3H3. The van der Waals surface area contributed by atoms with E-state index in [-0.39, 0.29) is 18.6 Å². The van der Waals surface area contributed by atoms with Crippen molar-refractivity contribution in [1.82, 2.24) is 0 Å². The molecule has 0 aromatic rings. The van der Waals surface area contributed by atoms with Gasteiger partial charge >= 0.3 is 0 Å². The first-order valence-electron chi connectivity index (χ1n) is 5.42. The van der Waals surface area contributed by atoms with Crippen molar-refractivity contribution < 1.29 is 10.2 Å². The van der Waals surface area contributed by atoms with Gasteiger partial charge in [0.1, 0.15) is 0 Å². The maximum atomic E-state index is 9.38. The topological polar surface area (TPSA) is 40.5 Å². The monoisotopic (exact) mass is 188 g/mol. The minimum Gasteiger partial charge on any atom is -0.396 e. The highest BCUT2D eigenvalue weighted by atomic mass is 16.3. The minimum absolute atomic E-state index is 0.115. The third kappa shape index (κ3) is 2.96. The Kier molecular flexibility index (Phi) is 6.35. The van der Waals surface area contributed by atoms with Crippen molar-refractivity contribution in [2.75, 3.05) is 13.2 Å². The molecular formula is C11H24O2. The molecule has 0 aromatic heterocycles. The lowest BCUT2D eigenvalue weighted by molar-refractivity contribution is -0.00736. The van der Waals surface area contributed by atoms with E-state index in [0.29, 0.717) is 5.92 Å². The van der Waals surface area contributed by atoms with E-state index in [1.165, 1.54) is 0 Å². The lowest BCUT2D eigenvalue weighted by Crippen LogP contribution is -2.37. The average molecular weight is 188 g/mol. The molecule has 0 bridgehead atoms. The van der Waals surface area contributed by atoms with E-state index in [1.807, 2.05) is 0 Å². The summed E-state index contributed by atoms with van der Waals surface area (Å²) in [6.45, 7) is 6.59. The molecule has 0 radical (unpaired) electrons. The zero-order valence-corrected chi connectivity index (χ0v) is 9.21. The molecule has 0 fully saturated rings. The first-order chi connectivity index (χ1) is 6.20. The van der Waals surface area contributed by atoms with Gasteiger partial charge in [0.25, 0.3) is 0 Å². The molecule has 0 aliphatic carbocycles. The molecule has 0 aliphatic heterocycles.